The number of aromatic nitrogens is 2. The molecule has 0 aliphatic carbocycles. The summed E-state index contributed by atoms with van der Waals surface area (Å²) < 4.78 is 7.59. The van der Waals surface area contributed by atoms with Crippen molar-refractivity contribution in [3.63, 3.8) is 0 Å². The van der Waals surface area contributed by atoms with Gasteiger partial charge in [-0.3, -0.25) is 4.68 Å². The lowest BCUT2D eigenvalue weighted by molar-refractivity contribution is 0.194. The normalized spacial score (nSPS) is 15.2. The van der Waals surface area contributed by atoms with Gasteiger partial charge in [-0.25, -0.2) is 0 Å². The molecule has 0 amide bonds. The maximum absolute atomic E-state index is 8.80. The van der Waals surface area contributed by atoms with E-state index in [2.05, 4.69) is 23.6 Å². The molecular formula is C12H20N2O2. The zero-order valence-corrected chi connectivity index (χ0v) is 10.1. The maximum Gasteiger partial charge on any atom is 0.236 e. The average molecular weight is 224 g/mol. The Balaban J connectivity index is 2.31. The van der Waals surface area contributed by atoms with Gasteiger partial charge in [0.1, 0.15) is 6.61 Å². The van der Waals surface area contributed by atoms with Crippen molar-refractivity contribution in [2.45, 2.75) is 45.6 Å². The molecule has 1 N–H and O–H groups in total. The van der Waals surface area contributed by atoms with E-state index < -0.39 is 0 Å². The van der Waals surface area contributed by atoms with Crippen LogP contribution in [0.4, 0.5) is 0 Å². The van der Waals surface area contributed by atoms with E-state index in [-0.39, 0.29) is 6.61 Å². The Morgan fingerprint density at radius 3 is 2.94 bits per heavy atom. The van der Waals surface area contributed by atoms with E-state index in [1.165, 1.54) is 24.1 Å². The van der Waals surface area contributed by atoms with Crippen LogP contribution < -0.4 is 4.74 Å². The molecule has 1 aromatic rings. The third-order valence-electron chi connectivity index (χ3n) is 3.01. The Hall–Kier alpha value is -1.03. The fraction of sp³-hybridized carbons (Fsp3) is 0.750. The summed E-state index contributed by atoms with van der Waals surface area (Å²) in [6, 6.07) is 0. The van der Waals surface area contributed by atoms with Crippen LogP contribution in [0.1, 0.15) is 43.9 Å². The van der Waals surface area contributed by atoms with Gasteiger partial charge in [-0.15, -0.1) is 5.10 Å². The first kappa shape index (κ1) is 11.5. The lowest BCUT2D eigenvalue weighted by Gasteiger charge is -2.15. The monoisotopic (exact) mass is 224 g/mol. The summed E-state index contributed by atoms with van der Waals surface area (Å²) in [6.07, 6.45) is 3.54. The molecule has 0 atom stereocenters. The largest absolute Gasteiger partial charge is 0.474 e. The summed E-state index contributed by atoms with van der Waals surface area (Å²) in [5.41, 5.74) is 2.56. The molecule has 0 aromatic carbocycles. The van der Waals surface area contributed by atoms with Gasteiger partial charge in [-0.1, -0.05) is 13.8 Å². The predicted molar refractivity (Wildman–Crippen MR) is 61.8 cm³/mol. The number of aliphatic hydroxyl groups excluding tert-OH is 1. The summed E-state index contributed by atoms with van der Waals surface area (Å²) in [6.45, 7) is 5.70. The highest BCUT2D eigenvalue weighted by Crippen LogP contribution is 2.32. The van der Waals surface area contributed by atoms with Crippen LogP contribution in [0.25, 0.3) is 0 Å². The van der Waals surface area contributed by atoms with E-state index in [0.717, 1.165) is 18.8 Å². The first-order valence-corrected chi connectivity index (χ1v) is 6.07. The van der Waals surface area contributed by atoms with E-state index in [0.29, 0.717) is 12.5 Å². The second-order valence-corrected chi connectivity index (χ2v) is 4.57. The van der Waals surface area contributed by atoms with Gasteiger partial charge in [0.15, 0.2) is 0 Å². The first-order valence-electron chi connectivity index (χ1n) is 6.07. The minimum atomic E-state index is 0.0414. The van der Waals surface area contributed by atoms with E-state index in [1.807, 2.05) is 0 Å². The van der Waals surface area contributed by atoms with E-state index in [1.54, 1.807) is 0 Å². The molecule has 4 nitrogen and oxygen atoms in total. The van der Waals surface area contributed by atoms with Crippen molar-refractivity contribution in [2.75, 3.05) is 13.2 Å². The molecule has 0 bridgehead atoms. The van der Waals surface area contributed by atoms with Crippen LogP contribution in [0, 0.1) is 0 Å². The van der Waals surface area contributed by atoms with Crippen LogP contribution in [0.3, 0.4) is 0 Å². The highest BCUT2D eigenvalue weighted by Gasteiger charge is 2.23. The molecule has 0 saturated heterocycles. The van der Waals surface area contributed by atoms with Crippen molar-refractivity contribution in [1.82, 2.24) is 9.78 Å². The third kappa shape index (κ3) is 2.07. The Morgan fingerprint density at radius 2 is 2.25 bits per heavy atom. The number of ether oxygens (including phenoxy) is 1. The van der Waals surface area contributed by atoms with Gasteiger partial charge in [0.05, 0.1) is 6.61 Å². The molecule has 90 valence electrons. The molecule has 0 saturated carbocycles. The standard InChI is InChI=1S/C12H20N2O2/c1-9(2)11-10-5-3-4-6-14(10)13-12(11)16-8-7-15/h9,15H,3-8H2,1-2H3. The Morgan fingerprint density at radius 1 is 1.44 bits per heavy atom. The molecule has 2 heterocycles. The molecule has 0 radical (unpaired) electrons. The lowest BCUT2D eigenvalue weighted by atomic mass is 9.98. The summed E-state index contributed by atoms with van der Waals surface area (Å²) >= 11 is 0. The number of nitrogens with zero attached hydrogens (tertiary/aromatic N) is 2. The Kier molecular flexibility index (Phi) is 3.49. The molecule has 2 rings (SSSR count). The van der Waals surface area contributed by atoms with Gasteiger partial charge in [0.25, 0.3) is 0 Å². The number of aliphatic hydroxyl groups is 1. The summed E-state index contributed by atoms with van der Waals surface area (Å²) in [5.74, 6) is 1.15. The number of rotatable bonds is 4. The second-order valence-electron chi connectivity index (χ2n) is 4.57. The van der Waals surface area contributed by atoms with Crippen LogP contribution in [0.2, 0.25) is 0 Å². The molecule has 1 aliphatic rings. The van der Waals surface area contributed by atoms with Crippen LogP contribution in [-0.4, -0.2) is 28.1 Å². The first-order chi connectivity index (χ1) is 7.74. The van der Waals surface area contributed by atoms with Gasteiger partial charge in [0, 0.05) is 17.8 Å². The van der Waals surface area contributed by atoms with Gasteiger partial charge in [0.2, 0.25) is 5.88 Å². The lowest BCUT2D eigenvalue weighted by Crippen LogP contribution is -2.12. The molecule has 0 fully saturated rings. The van der Waals surface area contributed by atoms with Crippen molar-refractivity contribution >= 4 is 0 Å². The molecule has 16 heavy (non-hydrogen) atoms. The van der Waals surface area contributed by atoms with Crippen molar-refractivity contribution in [3.05, 3.63) is 11.3 Å². The summed E-state index contributed by atoms with van der Waals surface area (Å²) in [4.78, 5) is 0. The van der Waals surface area contributed by atoms with Gasteiger partial charge in [-0.2, -0.15) is 0 Å². The smallest absolute Gasteiger partial charge is 0.236 e. The van der Waals surface area contributed by atoms with E-state index in [9.17, 15) is 0 Å². The quantitative estimate of drug-likeness (QED) is 0.847. The van der Waals surface area contributed by atoms with Crippen molar-refractivity contribution in [3.8, 4) is 5.88 Å². The maximum atomic E-state index is 8.80. The number of fused-ring (bicyclic) bond motifs is 1. The van der Waals surface area contributed by atoms with Gasteiger partial charge >= 0.3 is 0 Å². The van der Waals surface area contributed by atoms with Crippen molar-refractivity contribution < 1.29 is 9.84 Å². The molecule has 4 heteroatoms. The minimum Gasteiger partial charge on any atom is -0.474 e. The number of hydrogen-bond acceptors (Lipinski definition) is 3. The van der Waals surface area contributed by atoms with Crippen LogP contribution in [-0.2, 0) is 13.0 Å². The fourth-order valence-electron chi connectivity index (χ4n) is 2.32. The zero-order valence-electron chi connectivity index (χ0n) is 10.1. The molecule has 0 spiro atoms. The van der Waals surface area contributed by atoms with Crippen LogP contribution in [0.15, 0.2) is 0 Å². The van der Waals surface area contributed by atoms with Crippen molar-refractivity contribution in [1.29, 1.82) is 0 Å². The number of hydrogen-bond donors (Lipinski definition) is 1. The second kappa shape index (κ2) is 4.87. The predicted octanol–water partition coefficient (Wildman–Crippen LogP) is 1.71. The highest BCUT2D eigenvalue weighted by molar-refractivity contribution is 5.35. The summed E-state index contributed by atoms with van der Waals surface area (Å²) in [5, 5.41) is 13.3. The van der Waals surface area contributed by atoms with Gasteiger partial charge < -0.3 is 9.84 Å². The molecule has 0 unspecified atom stereocenters. The molecule has 1 aromatic heterocycles. The van der Waals surface area contributed by atoms with Crippen LogP contribution in [0.5, 0.6) is 5.88 Å². The van der Waals surface area contributed by atoms with Crippen LogP contribution >= 0.6 is 0 Å². The Bertz CT molecular complexity index is 358. The average Bonchev–Trinajstić information content (AvgIpc) is 2.64. The van der Waals surface area contributed by atoms with Crippen molar-refractivity contribution in [2.24, 2.45) is 0 Å². The topological polar surface area (TPSA) is 47.3 Å². The van der Waals surface area contributed by atoms with Gasteiger partial charge in [-0.05, 0) is 25.2 Å². The SMILES string of the molecule is CC(C)c1c(OCCO)nn2c1CCCC2. The number of aryl methyl sites for hydroxylation is 1. The minimum absolute atomic E-state index is 0.0414. The Labute approximate surface area is 96.2 Å². The molecule has 1 aliphatic heterocycles. The van der Waals surface area contributed by atoms with E-state index in [4.69, 9.17) is 9.84 Å². The fourth-order valence-corrected chi connectivity index (χ4v) is 2.32. The zero-order chi connectivity index (χ0) is 11.5. The summed E-state index contributed by atoms with van der Waals surface area (Å²) in [7, 11) is 0. The third-order valence-corrected chi connectivity index (χ3v) is 3.01. The molecular weight excluding hydrogens is 204 g/mol. The highest BCUT2D eigenvalue weighted by atomic mass is 16.5. The van der Waals surface area contributed by atoms with E-state index >= 15 is 0 Å².